The number of hydrogen-bond donors (Lipinski definition) is 0. The summed E-state index contributed by atoms with van der Waals surface area (Å²) in [7, 11) is 1.77. The highest BCUT2D eigenvalue weighted by Gasteiger charge is 2.54. The fraction of sp³-hybridized carbons (Fsp3) is 0.909. The normalized spacial score (nSPS) is 49.8. The topological polar surface area (TPSA) is 26.3 Å². The molecule has 0 unspecified atom stereocenters. The van der Waals surface area contributed by atoms with Gasteiger partial charge in [0.1, 0.15) is 5.78 Å². The van der Waals surface area contributed by atoms with Gasteiger partial charge in [0.05, 0.1) is 5.60 Å². The first-order valence-corrected chi connectivity index (χ1v) is 5.09. The summed E-state index contributed by atoms with van der Waals surface area (Å²) in [5, 5.41) is 0. The summed E-state index contributed by atoms with van der Waals surface area (Å²) in [6.07, 6.45) is 3.88. The van der Waals surface area contributed by atoms with Gasteiger partial charge >= 0.3 is 0 Å². The second-order valence-corrected chi connectivity index (χ2v) is 5.12. The number of fused-ring (bicyclic) bond motifs is 3. The molecule has 3 fully saturated rings. The highest BCUT2D eigenvalue weighted by atomic mass is 16.5. The highest BCUT2D eigenvalue weighted by molar-refractivity contribution is 5.86. The number of carbonyl (C=O) groups is 1. The smallest absolute Gasteiger partial charge is 0.139 e. The maximum atomic E-state index is 11.7. The number of carbonyl (C=O) groups excluding carboxylic acids is 1. The number of ketones is 1. The summed E-state index contributed by atoms with van der Waals surface area (Å²) >= 11 is 0. The molecule has 0 radical (unpaired) electrons. The number of Topliss-reactive ketones (excluding diaryl/α,β-unsaturated/α-hetero) is 1. The molecule has 2 heteroatoms. The van der Waals surface area contributed by atoms with E-state index in [1.54, 1.807) is 7.11 Å². The van der Waals surface area contributed by atoms with Gasteiger partial charge < -0.3 is 4.74 Å². The minimum absolute atomic E-state index is 0.0408. The van der Waals surface area contributed by atoms with Gasteiger partial charge in [0.25, 0.3) is 0 Å². The summed E-state index contributed by atoms with van der Waals surface area (Å²) in [6, 6.07) is 0. The van der Waals surface area contributed by atoms with Crippen LogP contribution >= 0.6 is 0 Å². The molecule has 0 aromatic rings. The summed E-state index contributed by atoms with van der Waals surface area (Å²) in [5.41, 5.74) is -0.125. The van der Waals surface area contributed by atoms with Crippen LogP contribution in [0, 0.1) is 11.3 Å². The van der Waals surface area contributed by atoms with Crippen LogP contribution < -0.4 is 0 Å². The zero-order valence-corrected chi connectivity index (χ0v) is 8.72. The molecule has 0 spiro atoms. The van der Waals surface area contributed by atoms with Gasteiger partial charge in [-0.3, -0.25) is 4.79 Å². The number of methoxy groups -OCH3 is 1. The monoisotopic (exact) mass is 182 g/mol. The summed E-state index contributed by atoms with van der Waals surface area (Å²) < 4.78 is 5.57. The van der Waals surface area contributed by atoms with Crippen LogP contribution in [0.4, 0.5) is 0 Å². The average Bonchev–Trinajstić information content (AvgIpc) is 2.08. The largest absolute Gasteiger partial charge is 0.378 e. The quantitative estimate of drug-likeness (QED) is 0.621. The van der Waals surface area contributed by atoms with Crippen molar-refractivity contribution in [3.8, 4) is 0 Å². The van der Waals surface area contributed by atoms with E-state index >= 15 is 0 Å². The molecule has 0 amide bonds. The predicted octanol–water partition coefficient (Wildman–Crippen LogP) is 2.17. The van der Waals surface area contributed by atoms with Gasteiger partial charge in [-0.1, -0.05) is 6.92 Å². The van der Waals surface area contributed by atoms with Crippen molar-refractivity contribution in [2.75, 3.05) is 7.11 Å². The second kappa shape index (κ2) is 2.57. The first-order chi connectivity index (χ1) is 6.00. The molecule has 0 N–H and O–H groups in total. The summed E-state index contributed by atoms with van der Waals surface area (Å²) in [6.45, 7) is 4.25. The molecule has 74 valence electrons. The molecule has 3 rings (SSSR count). The van der Waals surface area contributed by atoms with E-state index in [0.717, 1.165) is 25.7 Å². The van der Waals surface area contributed by atoms with Crippen molar-refractivity contribution in [1.29, 1.82) is 0 Å². The SMILES string of the molecule is CO[C@]1(C)C[C@@]2(C)CC[C@@H]1CC2=O. The first kappa shape index (κ1) is 9.20. The Balaban J connectivity index is 2.30. The Bertz CT molecular complexity index is 248. The van der Waals surface area contributed by atoms with Gasteiger partial charge in [-0.2, -0.15) is 0 Å². The molecular weight excluding hydrogens is 164 g/mol. The van der Waals surface area contributed by atoms with E-state index in [0.29, 0.717) is 11.7 Å². The van der Waals surface area contributed by atoms with Gasteiger partial charge in [0, 0.05) is 18.9 Å². The number of hydrogen-bond acceptors (Lipinski definition) is 2. The second-order valence-electron chi connectivity index (χ2n) is 5.12. The van der Waals surface area contributed by atoms with E-state index in [1.807, 2.05) is 0 Å². The minimum atomic E-state index is -0.0838. The first-order valence-electron chi connectivity index (χ1n) is 5.09. The van der Waals surface area contributed by atoms with Crippen molar-refractivity contribution in [1.82, 2.24) is 0 Å². The lowest BCUT2D eigenvalue weighted by molar-refractivity contribution is -0.165. The molecule has 13 heavy (non-hydrogen) atoms. The number of ether oxygens (including phenoxy) is 1. The van der Waals surface area contributed by atoms with Gasteiger partial charge in [0.2, 0.25) is 0 Å². The van der Waals surface area contributed by atoms with Crippen LogP contribution in [0.25, 0.3) is 0 Å². The van der Waals surface area contributed by atoms with Crippen LogP contribution in [0.1, 0.15) is 39.5 Å². The molecule has 3 aliphatic carbocycles. The van der Waals surface area contributed by atoms with E-state index in [1.165, 1.54) is 0 Å². The molecule has 3 saturated carbocycles. The molecule has 2 nitrogen and oxygen atoms in total. The fourth-order valence-corrected chi connectivity index (χ4v) is 3.07. The van der Waals surface area contributed by atoms with Crippen LogP contribution in [-0.2, 0) is 9.53 Å². The van der Waals surface area contributed by atoms with Crippen LogP contribution in [0.5, 0.6) is 0 Å². The average molecular weight is 182 g/mol. The maximum Gasteiger partial charge on any atom is 0.139 e. The van der Waals surface area contributed by atoms with Crippen molar-refractivity contribution in [2.24, 2.45) is 11.3 Å². The third-order valence-electron chi connectivity index (χ3n) is 4.22. The molecule has 0 heterocycles. The lowest BCUT2D eigenvalue weighted by Crippen LogP contribution is -2.55. The van der Waals surface area contributed by atoms with Gasteiger partial charge in [-0.25, -0.2) is 0 Å². The van der Waals surface area contributed by atoms with Crippen molar-refractivity contribution >= 4 is 5.78 Å². The van der Waals surface area contributed by atoms with E-state index in [4.69, 9.17) is 4.74 Å². The molecule has 0 aromatic heterocycles. The van der Waals surface area contributed by atoms with E-state index in [9.17, 15) is 4.79 Å². The zero-order chi connectivity index (χ0) is 9.69. The molecular formula is C11H18O2. The Labute approximate surface area is 79.7 Å². The summed E-state index contributed by atoms with van der Waals surface area (Å²) in [4.78, 5) is 11.7. The van der Waals surface area contributed by atoms with E-state index in [-0.39, 0.29) is 11.0 Å². The van der Waals surface area contributed by atoms with Gasteiger partial charge in [-0.15, -0.1) is 0 Å². The van der Waals surface area contributed by atoms with E-state index < -0.39 is 0 Å². The van der Waals surface area contributed by atoms with Crippen LogP contribution in [0.3, 0.4) is 0 Å². The van der Waals surface area contributed by atoms with Crippen LogP contribution in [0.2, 0.25) is 0 Å². The third-order valence-corrected chi connectivity index (χ3v) is 4.22. The maximum absolute atomic E-state index is 11.7. The lowest BCUT2D eigenvalue weighted by Gasteiger charge is -2.53. The van der Waals surface area contributed by atoms with Crippen LogP contribution in [-0.4, -0.2) is 18.5 Å². The van der Waals surface area contributed by atoms with Crippen molar-refractivity contribution in [3.63, 3.8) is 0 Å². The molecule has 3 aliphatic rings. The minimum Gasteiger partial charge on any atom is -0.378 e. The number of rotatable bonds is 1. The Hall–Kier alpha value is -0.370. The van der Waals surface area contributed by atoms with Gasteiger partial charge in [-0.05, 0) is 32.1 Å². The fourth-order valence-electron chi connectivity index (χ4n) is 3.07. The zero-order valence-electron chi connectivity index (χ0n) is 8.72. The van der Waals surface area contributed by atoms with Crippen molar-refractivity contribution < 1.29 is 9.53 Å². The van der Waals surface area contributed by atoms with Crippen molar-refractivity contribution in [3.05, 3.63) is 0 Å². The Morgan fingerprint density at radius 2 is 2.15 bits per heavy atom. The Morgan fingerprint density at radius 1 is 1.46 bits per heavy atom. The molecule has 0 aromatic carbocycles. The summed E-state index contributed by atoms with van der Waals surface area (Å²) in [5.74, 6) is 0.921. The molecule has 0 saturated heterocycles. The third kappa shape index (κ3) is 1.15. The van der Waals surface area contributed by atoms with Gasteiger partial charge in [0.15, 0.2) is 0 Å². The molecule has 2 bridgehead atoms. The highest BCUT2D eigenvalue weighted by Crippen LogP contribution is 2.53. The van der Waals surface area contributed by atoms with Crippen molar-refractivity contribution in [2.45, 2.75) is 45.1 Å². The standard InChI is InChI=1S/C11H18O2/c1-10-5-4-8(6-9(10)12)11(2,7-10)13-3/h8H,4-7H2,1-3H3/t8-,10-,11-/m1/s1. The van der Waals surface area contributed by atoms with E-state index in [2.05, 4.69) is 13.8 Å². The predicted molar refractivity (Wildman–Crippen MR) is 50.5 cm³/mol. The molecule has 3 atom stereocenters. The van der Waals surface area contributed by atoms with Crippen LogP contribution in [0.15, 0.2) is 0 Å². The molecule has 0 aliphatic heterocycles. The Kier molecular flexibility index (Phi) is 1.82. The Morgan fingerprint density at radius 3 is 2.62 bits per heavy atom. The lowest BCUT2D eigenvalue weighted by atomic mass is 9.55.